The first kappa shape index (κ1) is 12.8. The maximum absolute atomic E-state index is 12.1. The number of imide groups is 1. The fourth-order valence-electron chi connectivity index (χ4n) is 2.53. The highest BCUT2D eigenvalue weighted by molar-refractivity contribution is 6.22. The average Bonchev–Trinajstić information content (AvgIpc) is 2.74. The van der Waals surface area contributed by atoms with Crippen molar-refractivity contribution in [1.29, 1.82) is 0 Å². The minimum Gasteiger partial charge on any atom is -0.339 e. The summed E-state index contributed by atoms with van der Waals surface area (Å²) in [7, 11) is 0. The Hall–Kier alpha value is -2.21. The van der Waals surface area contributed by atoms with Gasteiger partial charge >= 0.3 is 0 Å². The molecule has 0 radical (unpaired) electrons. The van der Waals surface area contributed by atoms with Crippen molar-refractivity contribution < 1.29 is 14.4 Å². The molecule has 1 fully saturated rings. The fourth-order valence-corrected chi connectivity index (χ4v) is 2.53. The third kappa shape index (κ3) is 2.08. The third-order valence-electron chi connectivity index (χ3n) is 3.64. The van der Waals surface area contributed by atoms with Crippen LogP contribution in [-0.4, -0.2) is 60.2 Å². The summed E-state index contributed by atoms with van der Waals surface area (Å²) >= 11 is 0. The maximum Gasteiger partial charge on any atom is 0.262 e. The molecule has 0 unspecified atom stereocenters. The predicted octanol–water partition coefficient (Wildman–Crippen LogP) is -0.286. The second-order valence-electron chi connectivity index (χ2n) is 4.87. The Morgan fingerprint density at radius 3 is 2.15 bits per heavy atom. The molecule has 0 spiro atoms. The zero-order valence-electron chi connectivity index (χ0n) is 11.0. The Bertz CT molecular complexity index is 544. The molecule has 3 amide bonds. The number of amides is 3. The van der Waals surface area contributed by atoms with Gasteiger partial charge in [0, 0.05) is 26.2 Å². The lowest BCUT2D eigenvalue weighted by atomic mass is 10.1. The highest BCUT2D eigenvalue weighted by atomic mass is 16.2. The van der Waals surface area contributed by atoms with E-state index in [2.05, 4.69) is 5.32 Å². The summed E-state index contributed by atoms with van der Waals surface area (Å²) in [6, 6.07) is 6.66. The fraction of sp³-hybridized carbons (Fsp3) is 0.357. The molecular weight excluding hydrogens is 258 g/mol. The maximum atomic E-state index is 12.1. The van der Waals surface area contributed by atoms with Crippen LogP contribution >= 0.6 is 0 Å². The van der Waals surface area contributed by atoms with Gasteiger partial charge in [0.25, 0.3) is 11.8 Å². The lowest BCUT2D eigenvalue weighted by molar-refractivity contribution is -0.132. The molecule has 0 saturated carbocycles. The number of nitrogens with one attached hydrogen (secondary N) is 1. The van der Waals surface area contributed by atoms with Crippen molar-refractivity contribution in [2.24, 2.45) is 0 Å². The monoisotopic (exact) mass is 273 g/mol. The molecule has 1 saturated heterocycles. The summed E-state index contributed by atoms with van der Waals surface area (Å²) in [5.74, 6) is -0.941. The molecule has 2 aliphatic rings. The van der Waals surface area contributed by atoms with Crippen LogP contribution in [-0.2, 0) is 4.79 Å². The molecule has 2 heterocycles. The first-order valence-corrected chi connectivity index (χ1v) is 6.62. The van der Waals surface area contributed by atoms with Gasteiger partial charge in [-0.25, -0.2) is 0 Å². The second-order valence-corrected chi connectivity index (χ2v) is 4.87. The Balaban J connectivity index is 1.74. The van der Waals surface area contributed by atoms with Crippen LogP contribution in [0, 0.1) is 0 Å². The van der Waals surface area contributed by atoms with E-state index in [0.29, 0.717) is 24.2 Å². The van der Waals surface area contributed by atoms with Gasteiger partial charge in [-0.1, -0.05) is 12.1 Å². The van der Waals surface area contributed by atoms with Crippen molar-refractivity contribution in [3.63, 3.8) is 0 Å². The van der Waals surface area contributed by atoms with Crippen LogP contribution < -0.4 is 5.32 Å². The lowest BCUT2D eigenvalue weighted by Crippen LogP contribution is -2.50. The smallest absolute Gasteiger partial charge is 0.262 e. The number of piperazine rings is 1. The van der Waals surface area contributed by atoms with Gasteiger partial charge < -0.3 is 10.2 Å². The van der Waals surface area contributed by atoms with Crippen LogP contribution in [0.25, 0.3) is 0 Å². The largest absolute Gasteiger partial charge is 0.339 e. The van der Waals surface area contributed by atoms with Crippen molar-refractivity contribution in [1.82, 2.24) is 15.1 Å². The molecule has 104 valence electrons. The summed E-state index contributed by atoms with van der Waals surface area (Å²) in [6.45, 7) is 2.54. The van der Waals surface area contributed by atoms with E-state index in [0.717, 1.165) is 18.0 Å². The summed E-state index contributed by atoms with van der Waals surface area (Å²) < 4.78 is 0. The first-order valence-electron chi connectivity index (χ1n) is 6.62. The van der Waals surface area contributed by atoms with E-state index in [1.165, 1.54) is 0 Å². The molecule has 1 aromatic carbocycles. The summed E-state index contributed by atoms with van der Waals surface area (Å²) in [6.07, 6.45) is 0. The van der Waals surface area contributed by atoms with Gasteiger partial charge in [-0.15, -0.1) is 0 Å². The molecule has 0 aromatic heterocycles. The summed E-state index contributed by atoms with van der Waals surface area (Å²) in [5.41, 5.74) is 0.760. The molecule has 0 atom stereocenters. The third-order valence-corrected chi connectivity index (χ3v) is 3.64. The van der Waals surface area contributed by atoms with E-state index in [9.17, 15) is 14.4 Å². The molecule has 6 nitrogen and oxygen atoms in total. The molecule has 0 bridgehead atoms. The van der Waals surface area contributed by atoms with Crippen molar-refractivity contribution in [2.75, 3.05) is 32.7 Å². The number of nitrogens with zero attached hydrogens (tertiary/aromatic N) is 2. The number of hydrogen-bond acceptors (Lipinski definition) is 4. The highest BCUT2D eigenvalue weighted by Gasteiger charge is 2.37. The highest BCUT2D eigenvalue weighted by Crippen LogP contribution is 2.22. The summed E-state index contributed by atoms with van der Waals surface area (Å²) in [4.78, 5) is 39.2. The Morgan fingerprint density at radius 1 is 1.05 bits per heavy atom. The van der Waals surface area contributed by atoms with Crippen LogP contribution in [0.4, 0.5) is 0 Å². The number of carbonyl (C=O) groups is 3. The van der Waals surface area contributed by atoms with Gasteiger partial charge in [-0.2, -0.15) is 0 Å². The number of hydrogen-bond donors (Lipinski definition) is 1. The molecule has 6 heteroatoms. The van der Waals surface area contributed by atoms with Gasteiger partial charge in [-0.3, -0.25) is 19.3 Å². The predicted molar refractivity (Wildman–Crippen MR) is 71.3 cm³/mol. The van der Waals surface area contributed by atoms with E-state index in [4.69, 9.17) is 0 Å². The lowest BCUT2D eigenvalue weighted by Gasteiger charge is -2.28. The zero-order chi connectivity index (χ0) is 14.1. The molecule has 3 rings (SSSR count). The molecule has 1 N–H and O–H groups in total. The van der Waals surface area contributed by atoms with E-state index in [1.807, 2.05) is 0 Å². The Kier molecular flexibility index (Phi) is 3.23. The Labute approximate surface area is 116 Å². The molecule has 2 aliphatic heterocycles. The number of rotatable bonds is 2. The molecule has 0 aliphatic carbocycles. The van der Waals surface area contributed by atoms with Crippen LogP contribution in [0.2, 0.25) is 0 Å². The minimum atomic E-state index is -0.380. The summed E-state index contributed by atoms with van der Waals surface area (Å²) in [5, 5.41) is 3.15. The molecule has 20 heavy (non-hydrogen) atoms. The quantitative estimate of drug-likeness (QED) is 0.752. The van der Waals surface area contributed by atoms with Gasteiger partial charge in [0.05, 0.1) is 11.1 Å². The standard InChI is InChI=1S/C14H15N3O3/c18-12(16-7-5-15-6-8-16)9-17-13(19)10-3-1-2-4-11(10)14(17)20/h1-4,15H,5-9H2. The number of carbonyl (C=O) groups excluding carboxylic acids is 3. The normalized spacial score (nSPS) is 18.4. The van der Waals surface area contributed by atoms with Crippen molar-refractivity contribution in [3.05, 3.63) is 35.4 Å². The van der Waals surface area contributed by atoms with E-state index < -0.39 is 0 Å². The van der Waals surface area contributed by atoms with Gasteiger partial charge in [-0.05, 0) is 12.1 Å². The molecular formula is C14H15N3O3. The Morgan fingerprint density at radius 2 is 1.60 bits per heavy atom. The van der Waals surface area contributed by atoms with E-state index in [1.54, 1.807) is 29.2 Å². The van der Waals surface area contributed by atoms with Gasteiger partial charge in [0.1, 0.15) is 6.54 Å². The first-order chi connectivity index (χ1) is 9.68. The van der Waals surface area contributed by atoms with Crippen molar-refractivity contribution in [3.8, 4) is 0 Å². The van der Waals surface area contributed by atoms with E-state index in [-0.39, 0.29) is 24.3 Å². The number of fused-ring (bicyclic) bond motifs is 1. The van der Waals surface area contributed by atoms with Crippen molar-refractivity contribution >= 4 is 17.7 Å². The van der Waals surface area contributed by atoms with Crippen molar-refractivity contribution in [2.45, 2.75) is 0 Å². The topological polar surface area (TPSA) is 69.7 Å². The van der Waals surface area contributed by atoms with Gasteiger partial charge in [0.2, 0.25) is 5.91 Å². The second kappa shape index (κ2) is 5.05. The van der Waals surface area contributed by atoms with Crippen LogP contribution in [0.3, 0.4) is 0 Å². The minimum absolute atomic E-state index is 0.174. The van der Waals surface area contributed by atoms with E-state index >= 15 is 0 Å². The molecule has 1 aromatic rings. The van der Waals surface area contributed by atoms with Gasteiger partial charge in [0.15, 0.2) is 0 Å². The SMILES string of the molecule is O=C(CN1C(=O)c2ccccc2C1=O)N1CCNCC1. The number of benzene rings is 1. The van der Waals surface area contributed by atoms with Crippen LogP contribution in [0.1, 0.15) is 20.7 Å². The average molecular weight is 273 g/mol. The van der Waals surface area contributed by atoms with Crippen LogP contribution in [0.15, 0.2) is 24.3 Å². The van der Waals surface area contributed by atoms with Crippen LogP contribution in [0.5, 0.6) is 0 Å². The zero-order valence-corrected chi connectivity index (χ0v) is 11.0.